The number of halogens is 3. The van der Waals surface area contributed by atoms with Gasteiger partial charge in [0.2, 0.25) is 0 Å². The molecule has 4 rings (SSSR count). The number of para-hydroxylation sites is 1. The number of aliphatic imine (C=N–C) groups is 1. The van der Waals surface area contributed by atoms with Gasteiger partial charge in [0.15, 0.2) is 0 Å². The zero-order valence-electron chi connectivity index (χ0n) is 21.2. The van der Waals surface area contributed by atoms with Crippen LogP contribution in [0.4, 0.5) is 24.5 Å². The molecule has 39 heavy (non-hydrogen) atoms. The van der Waals surface area contributed by atoms with E-state index in [-0.39, 0.29) is 28.4 Å². The molecule has 0 aliphatic carbocycles. The van der Waals surface area contributed by atoms with Crippen LogP contribution < -0.4 is 4.72 Å². The molecular formula is C28H27F3N4O3S. The van der Waals surface area contributed by atoms with Gasteiger partial charge in [-0.2, -0.15) is 0 Å². The Morgan fingerprint density at radius 3 is 2.41 bits per heavy atom. The normalized spacial score (nSPS) is 14.5. The van der Waals surface area contributed by atoms with E-state index in [1.54, 1.807) is 36.1 Å². The van der Waals surface area contributed by atoms with Gasteiger partial charge in [0.1, 0.15) is 22.3 Å². The number of nitrogens with one attached hydrogen (secondary N) is 1. The molecule has 0 atom stereocenters. The summed E-state index contributed by atoms with van der Waals surface area (Å²) in [4.78, 5) is 20.2. The summed E-state index contributed by atoms with van der Waals surface area (Å²) in [5.74, 6) is -2.59. The highest BCUT2D eigenvalue weighted by molar-refractivity contribution is 7.92. The summed E-state index contributed by atoms with van der Waals surface area (Å²) in [5.41, 5.74) is 0.790. The molecule has 0 saturated carbocycles. The average Bonchev–Trinajstić information content (AvgIpc) is 2.91. The van der Waals surface area contributed by atoms with Gasteiger partial charge in [-0.25, -0.2) is 21.6 Å². The SMILES string of the molecule is C=Nc1c(/C=C\C)cccc1S(=O)(=O)Nc1ccc(C(=O)N2CCN(Cc3ccc(F)cc3F)CC2)cc1F. The Bertz CT molecular complexity index is 1530. The van der Waals surface area contributed by atoms with Gasteiger partial charge in [0.25, 0.3) is 15.9 Å². The molecule has 3 aromatic rings. The molecule has 0 bridgehead atoms. The van der Waals surface area contributed by atoms with E-state index in [1.165, 1.54) is 30.3 Å². The van der Waals surface area contributed by atoms with Crippen molar-refractivity contribution >= 4 is 40.1 Å². The number of amides is 1. The molecule has 1 saturated heterocycles. The number of rotatable bonds is 8. The molecule has 0 spiro atoms. The molecule has 0 unspecified atom stereocenters. The largest absolute Gasteiger partial charge is 0.336 e. The highest BCUT2D eigenvalue weighted by Crippen LogP contribution is 2.31. The first-order valence-electron chi connectivity index (χ1n) is 12.1. The van der Waals surface area contributed by atoms with Crippen molar-refractivity contribution in [3.8, 4) is 0 Å². The lowest BCUT2D eigenvalue weighted by Gasteiger charge is -2.34. The number of allylic oxidation sites excluding steroid dienone is 1. The number of benzene rings is 3. The summed E-state index contributed by atoms with van der Waals surface area (Å²) < 4.78 is 70.4. The lowest BCUT2D eigenvalue weighted by atomic mass is 10.1. The molecule has 1 aliphatic rings. The molecule has 1 aliphatic heterocycles. The smallest absolute Gasteiger partial charge is 0.264 e. The first-order chi connectivity index (χ1) is 18.6. The average molecular weight is 557 g/mol. The summed E-state index contributed by atoms with van der Waals surface area (Å²) >= 11 is 0. The molecule has 1 N–H and O–H groups in total. The van der Waals surface area contributed by atoms with Crippen LogP contribution in [0.15, 0.2) is 70.6 Å². The second kappa shape index (κ2) is 11.8. The second-order valence-electron chi connectivity index (χ2n) is 8.96. The van der Waals surface area contributed by atoms with E-state index < -0.39 is 33.4 Å². The van der Waals surface area contributed by atoms with Crippen molar-refractivity contribution in [2.75, 3.05) is 30.9 Å². The first-order valence-corrected chi connectivity index (χ1v) is 13.6. The zero-order chi connectivity index (χ0) is 28.2. The quantitative estimate of drug-likeness (QED) is 0.386. The number of carbonyl (C=O) groups excluding carboxylic acids is 1. The maximum absolute atomic E-state index is 15.0. The van der Waals surface area contributed by atoms with Crippen LogP contribution in [0.1, 0.15) is 28.4 Å². The minimum atomic E-state index is -4.22. The third-order valence-corrected chi connectivity index (χ3v) is 7.75. The lowest BCUT2D eigenvalue weighted by molar-refractivity contribution is 0.0626. The molecule has 0 radical (unpaired) electrons. The predicted octanol–water partition coefficient (Wildman–Crippen LogP) is 5.23. The van der Waals surface area contributed by atoms with Crippen LogP contribution in [0.2, 0.25) is 0 Å². The first kappa shape index (κ1) is 28.1. The minimum absolute atomic E-state index is 0.0667. The number of sulfonamides is 1. The van der Waals surface area contributed by atoms with Gasteiger partial charge in [-0.15, -0.1) is 0 Å². The highest BCUT2D eigenvalue weighted by atomic mass is 32.2. The fourth-order valence-corrected chi connectivity index (χ4v) is 5.61. The molecule has 3 aromatic carbocycles. The molecule has 1 amide bonds. The number of nitrogens with zero attached hydrogens (tertiary/aromatic N) is 3. The minimum Gasteiger partial charge on any atom is -0.336 e. The van der Waals surface area contributed by atoms with E-state index in [0.29, 0.717) is 37.3 Å². The lowest BCUT2D eigenvalue weighted by Crippen LogP contribution is -2.48. The van der Waals surface area contributed by atoms with Gasteiger partial charge in [-0.3, -0.25) is 19.4 Å². The van der Waals surface area contributed by atoms with Crippen molar-refractivity contribution < 1.29 is 26.4 Å². The van der Waals surface area contributed by atoms with E-state index >= 15 is 0 Å². The van der Waals surface area contributed by atoms with Crippen molar-refractivity contribution in [2.45, 2.75) is 18.4 Å². The Morgan fingerprint density at radius 2 is 1.77 bits per heavy atom. The van der Waals surface area contributed by atoms with Gasteiger partial charge < -0.3 is 4.90 Å². The fourth-order valence-electron chi connectivity index (χ4n) is 4.35. The number of anilines is 1. The van der Waals surface area contributed by atoms with Crippen LogP contribution in [0.25, 0.3) is 6.08 Å². The zero-order valence-corrected chi connectivity index (χ0v) is 22.0. The van der Waals surface area contributed by atoms with Gasteiger partial charge in [0, 0.05) is 55.5 Å². The van der Waals surface area contributed by atoms with Gasteiger partial charge in [-0.1, -0.05) is 30.4 Å². The van der Waals surface area contributed by atoms with E-state index in [2.05, 4.69) is 16.4 Å². The summed E-state index contributed by atoms with van der Waals surface area (Å²) in [6.45, 7) is 7.08. The van der Waals surface area contributed by atoms with Gasteiger partial charge in [0.05, 0.1) is 11.4 Å². The Kier molecular flexibility index (Phi) is 8.51. The summed E-state index contributed by atoms with van der Waals surface area (Å²) in [6, 6.07) is 11.6. The predicted molar refractivity (Wildman–Crippen MR) is 145 cm³/mol. The number of hydrogen-bond acceptors (Lipinski definition) is 5. The third-order valence-electron chi connectivity index (χ3n) is 6.35. The highest BCUT2D eigenvalue weighted by Gasteiger charge is 2.25. The Labute approximate surface area is 225 Å². The standard InChI is InChI=1S/C28H27F3N4O3S/c1-3-5-19-6-4-7-26(27(19)32-2)39(37,38)33-25-11-9-20(16-24(25)31)28(36)35-14-12-34(13-15-35)18-21-8-10-22(29)17-23(21)30/h3-11,16-17,33H,2,12-15,18H2,1H3/b5-3-. The maximum Gasteiger partial charge on any atom is 0.264 e. The van der Waals surface area contributed by atoms with Gasteiger partial charge >= 0.3 is 0 Å². The van der Waals surface area contributed by atoms with Crippen molar-refractivity contribution in [1.82, 2.24) is 9.80 Å². The topological polar surface area (TPSA) is 82.1 Å². The van der Waals surface area contributed by atoms with Crippen molar-refractivity contribution in [3.63, 3.8) is 0 Å². The monoisotopic (exact) mass is 556 g/mol. The number of hydrogen-bond donors (Lipinski definition) is 1. The Balaban J connectivity index is 1.43. The molecule has 1 fully saturated rings. The molecule has 1 heterocycles. The van der Waals surface area contributed by atoms with Crippen LogP contribution >= 0.6 is 0 Å². The second-order valence-corrected chi connectivity index (χ2v) is 10.6. The summed E-state index contributed by atoms with van der Waals surface area (Å²) in [5, 5.41) is 0. The van der Waals surface area contributed by atoms with Crippen LogP contribution in [-0.4, -0.2) is 57.0 Å². The van der Waals surface area contributed by atoms with Crippen molar-refractivity contribution in [3.05, 3.63) is 94.8 Å². The van der Waals surface area contributed by atoms with Crippen LogP contribution in [-0.2, 0) is 16.6 Å². The Hall–Kier alpha value is -3.96. The van der Waals surface area contributed by atoms with Crippen molar-refractivity contribution in [2.24, 2.45) is 4.99 Å². The molecule has 204 valence electrons. The summed E-state index contributed by atoms with van der Waals surface area (Å²) in [7, 11) is -4.22. The molecular weight excluding hydrogens is 529 g/mol. The van der Waals surface area contributed by atoms with Crippen LogP contribution in [0.3, 0.4) is 0 Å². The summed E-state index contributed by atoms with van der Waals surface area (Å²) in [6.07, 6.45) is 3.42. The molecule has 7 nitrogen and oxygen atoms in total. The van der Waals surface area contributed by atoms with Crippen molar-refractivity contribution in [1.29, 1.82) is 0 Å². The molecule has 0 aromatic heterocycles. The fraction of sp³-hybridized carbons (Fsp3) is 0.214. The van der Waals surface area contributed by atoms with E-state index in [0.717, 1.165) is 12.1 Å². The van der Waals surface area contributed by atoms with Crippen LogP contribution in [0.5, 0.6) is 0 Å². The Morgan fingerprint density at radius 1 is 1.03 bits per heavy atom. The number of carbonyl (C=O) groups is 1. The third kappa shape index (κ3) is 6.37. The van der Waals surface area contributed by atoms with Crippen LogP contribution in [0, 0.1) is 17.5 Å². The van der Waals surface area contributed by atoms with E-state index in [1.807, 2.05) is 4.90 Å². The van der Waals surface area contributed by atoms with E-state index in [9.17, 15) is 26.4 Å². The maximum atomic E-state index is 15.0. The van der Waals surface area contributed by atoms with E-state index in [4.69, 9.17) is 0 Å². The van der Waals surface area contributed by atoms with Gasteiger partial charge in [-0.05, 0) is 44.0 Å². The number of piperazine rings is 1. The molecule has 11 heteroatoms.